The lowest BCUT2D eigenvalue weighted by molar-refractivity contribution is -0.116. The number of nitrogens with zero attached hydrogens (tertiary/aromatic N) is 1. The van der Waals surface area contributed by atoms with E-state index in [0.29, 0.717) is 18.9 Å². The summed E-state index contributed by atoms with van der Waals surface area (Å²) in [4.78, 5) is 15.8. The molecule has 0 aromatic heterocycles. The van der Waals surface area contributed by atoms with Crippen molar-refractivity contribution in [1.29, 1.82) is 0 Å². The van der Waals surface area contributed by atoms with E-state index in [1.54, 1.807) is 7.05 Å². The summed E-state index contributed by atoms with van der Waals surface area (Å²) in [5.74, 6) is 1.40. The third-order valence-corrected chi connectivity index (χ3v) is 3.61. The lowest BCUT2D eigenvalue weighted by atomic mass is 10.2. The SMILES string of the molecule is CCCC(=O)Nc1ccc(CNC(=NC)NCCCOCC(C)C)cc1. The number of amides is 1. The zero-order valence-electron chi connectivity index (χ0n) is 16.6. The van der Waals surface area contributed by atoms with Crippen LogP contribution in [0.2, 0.25) is 0 Å². The minimum atomic E-state index is 0.0559. The molecule has 0 unspecified atom stereocenters. The molecule has 0 saturated carbocycles. The molecule has 0 aliphatic carbocycles. The van der Waals surface area contributed by atoms with E-state index < -0.39 is 0 Å². The Kier molecular flexibility index (Phi) is 11.1. The predicted octanol–water partition coefficient (Wildman–Crippen LogP) is 3.15. The molecule has 0 fully saturated rings. The number of aliphatic imine (C=N–C) groups is 1. The molecule has 0 spiro atoms. The van der Waals surface area contributed by atoms with Crippen LogP contribution in [0.3, 0.4) is 0 Å². The molecule has 0 aliphatic heterocycles. The number of carbonyl (C=O) groups is 1. The largest absolute Gasteiger partial charge is 0.381 e. The molecule has 1 aromatic rings. The molecule has 0 aliphatic rings. The second-order valence-corrected chi connectivity index (χ2v) is 6.67. The van der Waals surface area contributed by atoms with Gasteiger partial charge in [-0.15, -0.1) is 0 Å². The van der Waals surface area contributed by atoms with Gasteiger partial charge in [-0.2, -0.15) is 0 Å². The number of carbonyl (C=O) groups excluding carboxylic acids is 1. The Morgan fingerprint density at radius 2 is 1.92 bits per heavy atom. The number of hydrogen-bond acceptors (Lipinski definition) is 3. The van der Waals surface area contributed by atoms with Crippen molar-refractivity contribution in [3.8, 4) is 0 Å². The maximum atomic E-state index is 11.6. The van der Waals surface area contributed by atoms with Crippen molar-refractivity contribution in [2.24, 2.45) is 10.9 Å². The van der Waals surface area contributed by atoms with Crippen LogP contribution in [0.25, 0.3) is 0 Å². The van der Waals surface area contributed by atoms with Crippen molar-refractivity contribution in [3.05, 3.63) is 29.8 Å². The number of ether oxygens (including phenoxy) is 1. The molecule has 1 rings (SSSR count). The van der Waals surface area contributed by atoms with Gasteiger partial charge in [0.2, 0.25) is 5.91 Å². The lowest BCUT2D eigenvalue weighted by Gasteiger charge is -2.13. The first-order chi connectivity index (χ1) is 12.5. The minimum absolute atomic E-state index is 0.0559. The molecule has 6 nitrogen and oxygen atoms in total. The van der Waals surface area contributed by atoms with Crippen LogP contribution >= 0.6 is 0 Å². The summed E-state index contributed by atoms with van der Waals surface area (Å²) in [5, 5.41) is 9.46. The molecule has 1 aromatic carbocycles. The van der Waals surface area contributed by atoms with Crippen LogP contribution in [0.1, 0.15) is 45.6 Å². The van der Waals surface area contributed by atoms with Crippen molar-refractivity contribution in [1.82, 2.24) is 10.6 Å². The van der Waals surface area contributed by atoms with Crippen LogP contribution < -0.4 is 16.0 Å². The molecule has 0 heterocycles. The van der Waals surface area contributed by atoms with Gasteiger partial charge in [0, 0.05) is 45.5 Å². The van der Waals surface area contributed by atoms with E-state index in [1.807, 2.05) is 31.2 Å². The Morgan fingerprint density at radius 3 is 2.54 bits per heavy atom. The van der Waals surface area contributed by atoms with E-state index >= 15 is 0 Å². The number of nitrogens with one attached hydrogen (secondary N) is 3. The van der Waals surface area contributed by atoms with Crippen molar-refractivity contribution < 1.29 is 9.53 Å². The average molecular weight is 363 g/mol. The topological polar surface area (TPSA) is 74.8 Å². The molecule has 26 heavy (non-hydrogen) atoms. The van der Waals surface area contributed by atoms with E-state index in [9.17, 15) is 4.79 Å². The summed E-state index contributed by atoms with van der Waals surface area (Å²) >= 11 is 0. The minimum Gasteiger partial charge on any atom is -0.381 e. The van der Waals surface area contributed by atoms with Gasteiger partial charge in [-0.3, -0.25) is 9.79 Å². The van der Waals surface area contributed by atoms with Gasteiger partial charge in [0.1, 0.15) is 0 Å². The molecular weight excluding hydrogens is 328 g/mol. The van der Waals surface area contributed by atoms with Gasteiger partial charge >= 0.3 is 0 Å². The number of benzene rings is 1. The molecule has 3 N–H and O–H groups in total. The van der Waals surface area contributed by atoms with Gasteiger partial charge in [0.05, 0.1) is 0 Å². The van der Waals surface area contributed by atoms with Crippen LogP contribution in [-0.2, 0) is 16.1 Å². The summed E-state index contributed by atoms with van der Waals surface area (Å²) in [7, 11) is 1.76. The third-order valence-electron chi connectivity index (χ3n) is 3.61. The van der Waals surface area contributed by atoms with E-state index in [0.717, 1.165) is 49.8 Å². The van der Waals surface area contributed by atoms with Crippen molar-refractivity contribution in [2.75, 3.05) is 32.1 Å². The van der Waals surface area contributed by atoms with Crippen LogP contribution in [0, 0.1) is 5.92 Å². The van der Waals surface area contributed by atoms with E-state index in [1.165, 1.54) is 0 Å². The first kappa shape index (κ1) is 22.0. The molecule has 1 amide bonds. The Balaban J connectivity index is 2.27. The zero-order valence-corrected chi connectivity index (χ0v) is 16.6. The fourth-order valence-electron chi connectivity index (χ4n) is 2.26. The van der Waals surface area contributed by atoms with Crippen molar-refractivity contribution in [2.45, 2.75) is 46.6 Å². The van der Waals surface area contributed by atoms with Crippen LogP contribution in [0.4, 0.5) is 5.69 Å². The Morgan fingerprint density at radius 1 is 1.19 bits per heavy atom. The molecule has 6 heteroatoms. The molecule has 146 valence electrons. The van der Waals surface area contributed by atoms with Gasteiger partial charge in [0.15, 0.2) is 5.96 Å². The summed E-state index contributed by atoms with van der Waals surface area (Å²) in [6, 6.07) is 7.85. The Hall–Kier alpha value is -2.08. The average Bonchev–Trinajstić information content (AvgIpc) is 2.61. The Bertz CT molecular complexity index is 541. The highest BCUT2D eigenvalue weighted by Gasteiger charge is 2.02. The fraction of sp³-hybridized carbons (Fsp3) is 0.600. The van der Waals surface area contributed by atoms with Crippen molar-refractivity contribution >= 4 is 17.6 Å². The smallest absolute Gasteiger partial charge is 0.224 e. The van der Waals surface area contributed by atoms with Crippen LogP contribution in [0.15, 0.2) is 29.3 Å². The summed E-state index contributed by atoms with van der Waals surface area (Å²) in [6.07, 6.45) is 2.34. The predicted molar refractivity (Wildman–Crippen MR) is 108 cm³/mol. The second-order valence-electron chi connectivity index (χ2n) is 6.67. The molecule has 0 saturated heterocycles. The summed E-state index contributed by atoms with van der Waals surface area (Å²) in [6.45, 7) is 9.35. The van der Waals surface area contributed by atoms with Crippen LogP contribution in [0.5, 0.6) is 0 Å². The first-order valence-electron chi connectivity index (χ1n) is 9.46. The van der Waals surface area contributed by atoms with E-state index in [4.69, 9.17) is 4.74 Å². The normalized spacial score (nSPS) is 11.5. The number of guanidine groups is 1. The lowest BCUT2D eigenvalue weighted by Crippen LogP contribution is -2.37. The maximum Gasteiger partial charge on any atom is 0.224 e. The fourth-order valence-corrected chi connectivity index (χ4v) is 2.26. The number of hydrogen-bond donors (Lipinski definition) is 3. The summed E-state index contributed by atoms with van der Waals surface area (Å²) < 4.78 is 5.56. The number of anilines is 1. The monoisotopic (exact) mass is 362 g/mol. The maximum absolute atomic E-state index is 11.6. The standard InChI is InChI=1S/C20H34N4O2/c1-5-7-19(25)24-18-10-8-17(9-11-18)14-23-20(21-4)22-12-6-13-26-15-16(2)3/h8-11,16H,5-7,12-15H2,1-4H3,(H,24,25)(H2,21,22,23). The van der Waals surface area contributed by atoms with Gasteiger partial charge in [-0.1, -0.05) is 32.9 Å². The third kappa shape index (κ3) is 10.0. The quantitative estimate of drug-likeness (QED) is 0.321. The highest BCUT2D eigenvalue weighted by atomic mass is 16.5. The van der Waals surface area contributed by atoms with Gasteiger partial charge in [0.25, 0.3) is 0 Å². The highest BCUT2D eigenvalue weighted by Crippen LogP contribution is 2.10. The van der Waals surface area contributed by atoms with Gasteiger partial charge < -0.3 is 20.7 Å². The second kappa shape index (κ2) is 13.2. The zero-order chi connectivity index (χ0) is 19.2. The molecule has 0 atom stereocenters. The summed E-state index contributed by atoms with van der Waals surface area (Å²) in [5.41, 5.74) is 1.96. The molecular formula is C20H34N4O2. The van der Waals surface area contributed by atoms with Crippen molar-refractivity contribution in [3.63, 3.8) is 0 Å². The number of rotatable bonds is 11. The van der Waals surface area contributed by atoms with Gasteiger partial charge in [-0.05, 0) is 36.5 Å². The van der Waals surface area contributed by atoms with Gasteiger partial charge in [-0.25, -0.2) is 0 Å². The molecule has 0 radical (unpaired) electrons. The van der Waals surface area contributed by atoms with Crippen LogP contribution in [-0.4, -0.2) is 38.7 Å². The highest BCUT2D eigenvalue weighted by molar-refractivity contribution is 5.90. The first-order valence-corrected chi connectivity index (χ1v) is 9.46. The van der Waals surface area contributed by atoms with E-state index in [2.05, 4.69) is 34.8 Å². The Labute approximate surface area is 157 Å². The van der Waals surface area contributed by atoms with E-state index in [-0.39, 0.29) is 5.91 Å². The molecule has 0 bridgehead atoms.